The molecule has 1 atom stereocenters. The van der Waals surface area contributed by atoms with Gasteiger partial charge in [-0.15, -0.1) is 0 Å². The molecular weight excluding hydrogens is 231 g/mol. The lowest BCUT2D eigenvalue weighted by atomic mass is 10.0. The van der Waals surface area contributed by atoms with Crippen LogP contribution in [0.2, 0.25) is 0 Å². The highest BCUT2D eigenvalue weighted by Gasteiger charge is 2.06. The van der Waals surface area contributed by atoms with Gasteiger partial charge in [-0.3, -0.25) is 4.39 Å². The van der Waals surface area contributed by atoms with Crippen LogP contribution in [-0.4, -0.2) is 6.67 Å². The van der Waals surface area contributed by atoms with E-state index in [1.165, 1.54) is 5.56 Å². The molecule has 0 aliphatic heterocycles. The number of hydrogen-bond donors (Lipinski definition) is 0. The van der Waals surface area contributed by atoms with Crippen molar-refractivity contribution in [2.24, 2.45) is 0 Å². The van der Waals surface area contributed by atoms with E-state index < -0.39 is 0 Å². The summed E-state index contributed by atoms with van der Waals surface area (Å²) in [7, 11) is 0. The summed E-state index contributed by atoms with van der Waals surface area (Å²) in [4.78, 5) is 0. The Hall–Kier alpha value is -0.370. The third-order valence-electron chi connectivity index (χ3n) is 2.26. The maximum absolute atomic E-state index is 12.4. The number of hydrogen-bond acceptors (Lipinski definition) is 0. The third-order valence-corrected chi connectivity index (χ3v) is 3.00. The van der Waals surface area contributed by atoms with Crippen LogP contribution in [0, 0.1) is 0 Å². The second-order valence-corrected chi connectivity index (χ2v) is 4.11. The van der Waals surface area contributed by atoms with Crippen molar-refractivity contribution in [1.29, 1.82) is 0 Å². The molecular formula is C11H14BrF. The number of rotatable bonds is 3. The Morgan fingerprint density at radius 2 is 2.15 bits per heavy atom. The second kappa shape index (κ2) is 4.75. The van der Waals surface area contributed by atoms with Crippen molar-refractivity contribution in [3.8, 4) is 0 Å². The highest BCUT2D eigenvalue weighted by molar-refractivity contribution is 9.10. The Kier molecular flexibility index (Phi) is 3.91. The van der Waals surface area contributed by atoms with Crippen LogP contribution in [0.25, 0.3) is 0 Å². The van der Waals surface area contributed by atoms with Crippen molar-refractivity contribution in [3.05, 3.63) is 33.8 Å². The van der Waals surface area contributed by atoms with Crippen LogP contribution < -0.4 is 0 Å². The van der Waals surface area contributed by atoms with Crippen LogP contribution in [0.3, 0.4) is 0 Å². The van der Waals surface area contributed by atoms with Crippen molar-refractivity contribution >= 4 is 15.9 Å². The van der Waals surface area contributed by atoms with Crippen LogP contribution in [0.4, 0.5) is 4.39 Å². The maximum atomic E-state index is 12.4. The lowest BCUT2D eigenvalue weighted by Gasteiger charge is -2.09. The first-order chi connectivity index (χ1) is 6.19. The Morgan fingerprint density at radius 3 is 2.62 bits per heavy atom. The minimum absolute atomic E-state index is 0.00204. The lowest BCUT2D eigenvalue weighted by Crippen LogP contribution is -1.96. The first kappa shape index (κ1) is 10.7. The molecule has 1 rings (SSSR count). The van der Waals surface area contributed by atoms with E-state index in [-0.39, 0.29) is 12.6 Å². The molecule has 72 valence electrons. The molecule has 0 nitrogen and oxygen atoms in total. The van der Waals surface area contributed by atoms with E-state index >= 15 is 0 Å². The molecule has 0 aliphatic carbocycles. The fourth-order valence-electron chi connectivity index (χ4n) is 1.25. The first-order valence-electron chi connectivity index (χ1n) is 4.53. The minimum atomic E-state index is -0.294. The van der Waals surface area contributed by atoms with E-state index in [9.17, 15) is 4.39 Å². The van der Waals surface area contributed by atoms with Gasteiger partial charge in [0, 0.05) is 10.4 Å². The fraction of sp³-hybridized carbons (Fsp3) is 0.455. The summed E-state index contributed by atoms with van der Waals surface area (Å²) in [6.07, 6.45) is 1.00. The largest absolute Gasteiger partial charge is 0.250 e. The van der Waals surface area contributed by atoms with E-state index in [2.05, 4.69) is 28.9 Å². The number of benzene rings is 1. The van der Waals surface area contributed by atoms with Crippen molar-refractivity contribution in [2.45, 2.75) is 26.2 Å². The molecule has 2 heteroatoms. The minimum Gasteiger partial charge on any atom is -0.250 e. The van der Waals surface area contributed by atoms with Gasteiger partial charge >= 0.3 is 0 Å². The Bertz CT molecular complexity index is 283. The van der Waals surface area contributed by atoms with Gasteiger partial charge in [0.1, 0.15) is 0 Å². The summed E-state index contributed by atoms with van der Waals surface area (Å²) in [6.45, 7) is 3.71. The summed E-state index contributed by atoms with van der Waals surface area (Å²) < 4.78 is 13.5. The maximum Gasteiger partial charge on any atom is 0.0960 e. The SMILES string of the molecule is CCc1ccc(C(C)CF)cc1Br. The van der Waals surface area contributed by atoms with E-state index in [1.807, 2.05) is 19.1 Å². The van der Waals surface area contributed by atoms with Gasteiger partial charge in [-0.1, -0.05) is 41.9 Å². The van der Waals surface area contributed by atoms with Crippen LogP contribution in [0.5, 0.6) is 0 Å². The first-order valence-corrected chi connectivity index (χ1v) is 5.32. The molecule has 0 N–H and O–H groups in total. The molecule has 0 amide bonds. The number of aryl methyl sites for hydroxylation is 1. The predicted octanol–water partition coefficient (Wildman–Crippen LogP) is 4.08. The Balaban J connectivity index is 2.95. The quantitative estimate of drug-likeness (QED) is 0.752. The molecule has 0 fully saturated rings. The van der Waals surface area contributed by atoms with Crippen molar-refractivity contribution < 1.29 is 4.39 Å². The highest BCUT2D eigenvalue weighted by atomic mass is 79.9. The molecule has 0 saturated carbocycles. The average molecular weight is 245 g/mol. The number of alkyl halides is 1. The van der Waals surface area contributed by atoms with E-state index in [0.29, 0.717) is 0 Å². The van der Waals surface area contributed by atoms with Crippen LogP contribution in [0.1, 0.15) is 30.9 Å². The van der Waals surface area contributed by atoms with E-state index in [1.54, 1.807) is 0 Å². The van der Waals surface area contributed by atoms with E-state index in [4.69, 9.17) is 0 Å². The van der Waals surface area contributed by atoms with Gasteiger partial charge in [0.2, 0.25) is 0 Å². The van der Waals surface area contributed by atoms with Crippen molar-refractivity contribution in [3.63, 3.8) is 0 Å². The second-order valence-electron chi connectivity index (χ2n) is 3.26. The van der Waals surface area contributed by atoms with Gasteiger partial charge in [0.15, 0.2) is 0 Å². The molecule has 0 spiro atoms. The molecule has 0 bridgehead atoms. The van der Waals surface area contributed by atoms with Gasteiger partial charge in [0.25, 0.3) is 0 Å². The average Bonchev–Trinajstić information content (AvgIpc) is 2.16. The lowest BCUT2D eigenvalue weighted by molar-refractivity contribution is 0.447. The topological polar surface area (TPSA) is 0 Å². The fourth-order valence-corrected chi connectivity index (χ4v) is 1.92. The molecule has 0 aliphatic rings. The molecule has 1 aromatic carbocycles. The van der Waals surface area contributed by atoms with Crippen LogP contribution in [-0.2, 0) is 6.42 Å². The zero-order chi connectivity index (χ0) is 9.84. The van der Waals surface area contributed by atoms with Gasteiger partial charge in [-0.2, -0.15) is 0 Å². The predicted molar refractivity (Wildman–Crippen MR) is 57.9 cm³/mol. The molecule has 0 heterocycles. The molecule has 1 unspecified atom stereocenters. The van der Waals surface area contributed by atoms with Gasteiger partial charge in [0.05, 0.1) is 6.67 Å². The van der Waals surface area contributed by atoms with Gasteiger partial charge in [-0.25, -0.2) is 0 Å². The summed E-state index contributed by atoms with van der Waals surface area (Å²) in [5, 5.41) is 0. The molecule has 0 saturated heterocycles. The monoisotopic (exact) mass is 244 g/mol. The normalized spacial score (nSPS) is 12.9. The summed E-state index contributed by atoms with van der Waals surface area (Å²) in [6, 6.07) is 6.09. The third kappa shape index (κ3) is 2.53. The molecule has 0 radical (unpaired) electrons. The smallest absolute Gasteiger partial charge is 0.0960 e. The Morgan fingerprint density at radius 1 is 1.46 bits per heavy atom. The molecule has 0 aromatic heterocycles. The molecule has 1 aromatic rings. The standard InChI is InChI=1S/C11H14BrF/c1-3-9-4-5-10(6-11(9)12)8(2)7-13/h4-6,8H,3,7H2,1-2H3. The van der Waals surface area contributed by atoms with Crippen LogP contribution >= 0.6 is 15.9 Å². The number of halogens is 2. The zero-order valence-electron chi connectivity index (χ0n) is 7.98. The molecule has 13 heavy (non-hydrogen) atoms. The van der Waals surface area contributed by atoms with Gasteiger partial charge in [-0.05, 0) is 23.6 Å². The highest BCUT2D eigenvalue weighted by Crippen LogP contribution is 2.24. The van der Waals surface area contributed by atoms with Crippen molar-refractivity contribution in [2.75, 3.05) is 6.67 Å². The van der Waals surface area contributed by atoms with E-state index in [0.717, 1.165) is 16.5 Å². The zero-order valence-corrected chi connectivity index (χ0v) is 9.57. The summed E-state index contributed by atoms with van der Waals surface area (Å²) >= 11 is 3.48. The van der Waals surface area contributed by atoms with Crippen LogP contribution in [0.15, 0.2) is 22.7 Å². The van der Waals surface area contributed by atoms with Gasteiger partial charge < -0.3 is 0 Å². The summed E-state index contributed by atoms with van der Waals surface area (Å²) in [5.41, 5.74) is 2.33. The Labute approximate surface area is 87.3 Å². The summed E-state index contributed by atoms with van der Waals surface area (Å²) in [5.74, 6) is 0.00204. The van der Waals surface area contributed by atoms with Crippen molar-refractivity contribution in [1.82, 2.24) is 0 Å².